The van der Waals surface area contributed by atoms with Crippen molar-refractivity contribution in [2.45, 2.75) is 13.5 Å². The fraction of sp³-hybridized carbons (Fsp3) is 0.500. The van der Waals surface area contributed by atoms with E-state index in [1.165, 1.54) is 6.20 Å². The topological polar surface area (TPSA) is 93.4 Å². The molecule has 0 aliphatic heterocycles. The Labute approximate surface area is 108 Å². The molecule has 7 nitrogen and oxygen atoms in total. The van der Waals surface area contributed by atoms with E-state index in [2.05, 4.69) is 10.4 Å². The molecule has 1 heterocycles. The molecule has 0 aliphatic carbocycles. The van der Waals surface area contributed by atoms with Crippen molar-refractivity contribution in [2.24, 2.45) is 0 Å². The van der Waals surface area contributed by atoms with Crippen LogP contribution in [0.3, 0.4) is 0 Å². The molecule has 0 atom stereocenters. The van der Waals surface area contributed by atoms with Crippen LogP contribution < -0.4 is 10.9 Å². The Morgan fingerprint density at radius 2 is 2.39 bits per heavy atom. The van der Waals surface area contributed by atoms with Crippen molar-refractivity contribution in [2.75, 3.05) is 25.1 Å². The highest BCUT2D eigenvalue weighted by atomic mass is 35.5. The average molecular weight is 276 g/mol. The van der Waals surface area contributed by atoms with Crippen molar-refractivity contribution in [1.29, 1.82) is 0 Å². The van der Waals surface area contributed by atoms with E-state index in [0.717, 1.165) is 4.68 Å². The van der Waals surface area contributed by atoms with Gasteiger partial charge in [-0.05, 0) is 6.92 Å². The van der Waals surface area contributed by atoms with Crippen LogP contribution in [0.4, 0.5) is 5.69 Å². The summed E-state index contributed by atoms with van der Waals surface area (Å²) in [4.78, 5) is 22.8. The van der Waals surface area contributed by atoms with Crippen LogP contribution in [0.15, 0.2) is 11.0 Å². The van der Waals surface area contributed by atoms with Crippen molar-refractivity contribution >= 4 is 23.3 Å². The Morgan fingerprint density at radius 1 is 1.67 bits per heavy atom. The number of carbonyl (C=O) groups excluding carboxylic acids is 1. The monoisotopic (exact) mass is 275 g/mol. The predicted molar refractivity (Wildman–Crippen MR) is 65.7 cm³/mol. The first-order valence-electron chi connectivity index (χ1n) is 5.36. The van der Waals surface area contributed by atoms with Gasteiger partial charge in [-0.1, -0.05) is 11.6 Å². The van der Waals surface area contributed by atoms with Gasteiger partial charge in [-0.15, -0.1) is 0 Å². The maximum atomic E-state index is 11.7. The van der Waals surface area contributed by atoms with E-state index in [4.69, 9.17) is 21.4 Å². The lowest BCUT2D eigenvalue weighted by atomic mass is 10.4. The fourth-order valence-corrected chi connectivity index (χ4v) is 1.43. The second-order valence-corrected chi connectivity index (χ2v) is 3.66. The molecule has 0 radical (unpaired) electrons. The maximum absolute atomic E-state index is 11.7. The number of aromatic nitrogens is 2. The standard InChI is InChI=1S/C10H14ClN3O4/c1-2-18-8(16)6-12-7-5-13-14(3-4-15)10(17)9(7)11/h5,12,15H,2-4,6H2,1H3. The minimum atomic E-state index is -0.528. The molecule has 2 N–H and O–H groups in total. The lowest BCUT2D eigenvalue weighted by Crippen LogP contribution is -2.26. The van der Waals surface area contributed by atoms with Crippen LogP contribution in [0.5, 0.6) is 0 Å². The molecule has 0 aliphatic rings. The number of carbonyl (C=O) groups is 1. The minimum Gasteiger partial charge on any atom is -0.465 e. The lowest BCUT2D eigenvalue weighted by molar-refractivity contribution is -0.140. The van der Waals surface area contributed by atoms with E-state index < -0.39 is 11.5 Å². The number of halogens is 1. The second-order valence-electron chi connectivity index (χ2n) is 3.28. The number of esters is 1. The van der Waals surface area contributed by atoms with E-state index in [0.29, 0.717) is 0 Å². The Kier molecular flexibility index (Phi) is 5.60. The molecule has 0 aromatic carbocycles. The zero-order valence-electron chi connectivity index (χ0n) is 9.85. The molecular weight excluding hydrogens is 262 g/mol. The molecule has 1 aromatic heterocycles. The van der Waals surface area contributed by atoms with Crippen molar-refractivity contribution in [3.8, 4) is 0 Å². The first kappa shape index (κ1) is 14.5. The Bertz CT molecular complexity index is 475. The number of aliphatic hydroxyl groups is 1. The molecule has 0 amide bonds. The van der Waals surface area contributed by atoms with Crippen molar-refractivity contribution in [3.63, 3.8) is 0 Å². The summed E-state index contributed by atoms with van der Waals surface area (Å²) in [6.07, 6.45) is 1.32. The van der Waals surface area contributed by atoms with Crippen LogP contribution in [0.25, 0.3) is 0 Å². The van der Waals surface area contributed by atoms with Gasteiger partial charge < -0.3 is 15.2 Å². The van der Waals surface area contributed by atoms with Gasteiger partial charge in [-0.3, -0.25) is 9.59 Å². The van der Waals surface area contributed by atoms with E-state index in [-0.39, 0.29) is 37.0 Å². The molecule has 0 bridgehead atoms. The fourth-order valence-electron chi connectivity index (χ4n) is 1.22. The summed E-state index contributed by atoms with van der Waals surface area (Å²) >= 11 is 5.83. The molecule has 0 saturated carbocycles. The highest BCUT2D eigenvalue weighted by Crippen LogP contribution is 2.14. The number of hydrogen-bond donors (Lipinski definition) is 2. The van der Waals surface area contributed by atoms with E-state index in [1.54, 1.807) is 6.92 Å². The third kappa shape index (κ3) is 3.71. The third-order valence-corrected chi connectivity index (χ3v) is 2.39. The summed E-state index contributed by atoms with van der Waals surface area (Å²) in [6.45, 7) is 1.74. The SMILES string of the molecule is CCOC(=O)CNc1cnn(CCO)c(=O)c1Cl. The molecule has 0 saturated heterocycles. The van der Waals surface area contributed by atoms with Crippen LogP contribution in [0.1, 0.15) is 6.92 Å². The second kappa shape index (κ2) is 6.97. The Hall–Kier alpha value is -1.60. The zero-order valence-corrected chi connectivity index (χ0v) is 10.6. The molecule has 100 valence electrons. The first-order valence-corrected chi connectivity index (χ1v) is 5.74. The summed E-state index contributed by atoms with van der Waals surface area (Å²) in [7, 11) is 0. The largest absolute Gasteiger partial charge is 0.465 e. The molecule has 18 heavy (non-hydrogen) atoms. The van der Waals surface area contributed by atoms with Gasteiger partial charge in [0, 0.05) is 0 Å². The zero-order chi connectivity index (χ0) is 13.5. The smallest absolute Gasteiger partial charge is 0.325 e. The van der Waals surface area contributed by atoms with Crippen molar-refractivity contribution < 1.29 is 14.6 Å². The normalized spacial score (nSPS) is 10.2. The molecule has 8 heteroatoms. The van der Waals surface area contributed by atoms with Gasteiger partial charge in [-0.25, -0.2) is 4.68 Å². The predicted octanol–water partition coefficient (Wildman–Crippen LogP) is -0.136. The number of ether oxygens (including phenoxy) is 1. The van der Waals surface area contributed by atoms with Crippen molar-refractivity contribution in [1.82, 2.24) is 9.78 Å². The van der Waals surface area contributed by atoms with Gasteiger partial charge in [0.1, 0.15) is 11.6 Å². The number of anilines is 1. The van der Waals surface area contributed by atoms with Gasteiger partial charge in [0.25, 0.3) is 5.56 Å². The number of nitrogens with zero attached hydrogens (tertiary/aromatic N) is 2. The summed E-state index contributed by atoms with van der Waals surface area (Å²) in [5.41, 5.74) is -0.275. The average Bonchev–Trinajstić information content (AvgIpc) is 2.35. The van der Waals surface area contributed by atoms with Crippen molar-refractivity contribution in [3.05, 3.63) is 21.6 Å². The molecular formula is C10H14ClN3O4. The summed E-state index contributed by atoms with van der Waals surface area (Å²) in [5, 5.41) is 15.1. The number of nitrogens with one attached hydrogen (secondary N) is 1. The highest BCUT2D eigenvalue weighted by Gasteiger charge is 2.10. The molecule has 0 fully saturated rings. The Morgan fingerprint density at radius 3 is 3.00 bits per heavy atom. The number of aliphatic hydroxyl groups excluding tert-OH is 1. The van der Waals surface area contributed by atoms with Gasteiger partial charge in [0.05, 0.1) is 31.6 Å². The van der Waals surface area contributed by atoms with E-state index in [9.17, 15) is 9.59 Å². The van der Waals surface area contributed by atoms with Gasteiger partial charge >= 0.3 is 5.97 Å². The minimum absolute atomic E-state index is 0.0662. The summed E-state index contributed by atoms with van der Waals surface area (Å²) in [5.74, 6) is -0.451. The Balaban J connectivity index is 2.76. The molecule has 1 rings (SSSR count). The maximum Gasteiger partial charge on any atom is 0.325 e. The summed E-state index contributed by atoms with van der Waals surface area (Å²) in [6, 6.07) is 0. The first-order chi connectivity index (χ1) is 8.60. The molecule has 0 spiro atoms. The number of hydrogen-bond acceptors (Lipinski definition) is 6. The van der Waals surface area contributed by atoms with Gasteiger partial charge in [-0.2, -0.15) is 5.10 Å². The van der Waals surface area contributed by atoms with Crippen LogP contribution >= 0.6 is 11.6 Å². The molecule has 0 unspecified atom stereocenters. The van der Waals surface area contributed by atoms with Crippen LogP contribution in [-0.4, -0.2) is 40.6 Å². The van der Waals surface area contributed by atoms with Gasteiger partial charge in [0.15, 0.2) is 0 Å². The van der Waals surface area contributed by atoms with Crippen LogP contribution in [0.2, 0.25) is 5.02 Å². The highest BCUT2D eigenvalue weighted by molar-refractivity contribution is 6.32. The summed E-state index contributed by atoms with van der Waals surface area (Å²) < 4.78 is 5.75. The quantitative estimate of drug-likeness (QED) is 0.702. The third-order valence-electron chi connectivity index (χ3n) is 2.03. The van der Waals surface area contributed by atoms with Crippen LogP contribution in [-0.2, 0) is 16.1 Å². The van der Waals surface area contributed by atoms with Crippen LogP contribution in [0, 0.1) is 0 Å². The van der Waals surface area contributed by atoms with E-state index >= 15 is 0 Å². The van der Waals surface area contributed by atoms with Gasteiger partial charge in [0.2, 0.25) is 0 Å². The lowest BCUT2D eigenvalue weighted by Gasteiger charge is -2.09. The van der Waals surface area contributed by atoms with E-state index in [1.807, 2.05) is 0 Å². The number of rotatable bonds is 6. The molecule has 1 aromatic rings.